The Morgan fingerprint density at radius 2 is 1.76 bits per heavy atom. The minimum atomic E-state index is 0.456. The second kappa shape index (κ2) is 11.0. The molecule has 3 N–H and O–H groups in total. The Hall–Kier alpha value is -0.120. The zero-order chi connectivity index (χ0) is 13.1. The van der Waals surface area contributed by atoms with E-state index in [0.717, 1.165) is 31.9 Å². The minimum absolute atomic E-state index is 0.456. The summed E-state index contributed by atoms with van der Waals surface area (Å²) in [6.45, 7) is 8.39. The molecule has 0 aromatic carbocycles. The second-order valence-electron chi connectivity index (χ2n) is 5.48. The molecule has 0 radical (unpaired) electrons. The minimum Gasteiger partial charge on any atom is -0.383 e. The molecule has 0 rings (SSSR count). The highest BCUT2D eigenvalue weighted by Gasteiger charge is 2.11. The average Bonchev–Trinajstić information content (AvgIpc) is 2.25. The van der Waals surface area contributed by atoms with Crippen LogP contribution >= 0.6 is 0 Å². The Balaban J connectivity index is 3.73. The monoisotopic (exact) mass is 244 g/mol. The summed E-state index contributed by atoms with van der Waals surface area (Å²) < 4.78 is 5.24. The smallest absolute Gasteiger partial charge is 0.0615 e. The van der Waals surface area contributed by atoms with Crippen molar-refractivity contribution in [3.05, 3.63) is 0 Å². The fraction of sp³-hybridized carbons (Fsp3) is 1.00. The number of ether oxygens (including phenoxy) is 1. The van der Waals surface area contributed by atoms with Gasteiger partial charge in [0.05, 0.1) is 6.61 Å². The van der Waals surface area contributed by atoms with Gasteiger partial charge in [-0.2, -0.15) is 0 Å². The molecule has 104 valence electrons. The number of methoxy groups -OCH3 is 1. The molecule has 0 aliphatic rings. The first-order valence-corrected chi connectivity index (χ1v) is 7.05. The lowest BCUT2D eigenvalue weighted by Gasteiger charge is -2.23. The first-order valence-electron chi connectivity index (χ1n) is 7.05. The van der Waals surface area contributed by atoms with Crippen LogP contribution in [0.2, 0.25) is 0 Å². The highest BCUT2D eigenvalue weighted by Crippen LogP contribution is 2.09. The van der Waals surface area contributed by atoms with E-state index in [1.807, 2.05) is 0 Å². The molecule has 0 saturated heterocycles. The van der Waals surface area contributed by atoms with Crippen molar-refractivity contribution in [2.24, 2.45) is 11.7 Å². The maximum Gasteiger partial charge on any atom is 0.0615 e. The first kappa shape index (κ1) is 16.9. The molecule has 3 nitrogen and oxygen atoms in total. The van der Waals surface area contributed by atoms with E-state index in [2.05, 4.69) is 26.1 Å². The van der Waals surface area contributed by atoms with Gasteiger partial charge in [0.15, 0.2) is 0 Å². The molecule has 0 fully saturated rings. The molecule has 0 heterocycles. The Bertz CT molecular complexity index is 162. The van der Waals surface area contributed by atoms with Crippen LogP contribution in [-0.2, 0) is 4.74 Å². The maximum absolute atomic E-state index is 5.55. The highest BCUT2D eigenvalue weighted by molar-refractivity contribution is 4.71. The van der Waals surface area contributed by atoms with Gasteiger partial charge in [0.2, 0.25) is 0 Å². The Morgan fingerprint density at radius 3 is 2.29 bits per heavy atom. The van der Waals surface area contributed by atoms with Crippen LogP contribution in [0, 0.1) is 5.92 Å². The van der Waals surface area contributed by atoms with E-state index in [1.165, 1.54) is 19.3 Å². The van der Waals surface area contributed by atoms with Gasteiger partial charge in [-0.15, -0.1) is 0 Å². The molecular weight excluding hydrogens is 212 g/mol. The lowest BCUT2D eigenvalue weighted by molar-refractivity contribution is 0.155. The number of hydrogen-bond donors (Lipinski definition) is 2. The van der Waals surface area contributed by atoms with Crippen LogP contribution in [0.5, 0.6) is 0 Å². The normalized spacial score (nSPS) is 15.2. The molecule has 0 aromatic heterocycles. The Labute approximate surface area is 107 Å². The molecular formula is C14H32N2O. The summed E-state index contributed by atoms with van der Waals surface area (Å²) in [5, 5.41) is 3.65. The van der Waals surface area contributed by atoms with Crippen molar-refractivity contribution >= 4 is 0 Å². The third kappa shape index (κ3) is 10.7. The van der Waals surface area contributed by atoms with E-state index >= 15 is 0 Å². The SMILES string of the molecule is COCC(CCCN)NC(C)CCCC(C)C. The summed E-state index contributed by atoms with van der Waals surface area (Å²) in [5.41, 5.74) is 5.55. The van der Waals surface area contributed by atoms with Gasteiger partial charge in [0.1, 0.15) is 0 Å². The van der Waals surface area contributed by atoms with E-state index < -0.39 is 0 Å². The topological polar surface area (TPSA) is 47.3 Å². The maximum atomic E-state index is 5.55. The largest absolute Gasteiger partial charge is 0.383 e. The molecule has 0 aliphatic heterocycles. The molecule has 17 heavy (non-hydrogen) atoms. The average molecular weight is 244 g/mol. The van der Waals surface area contributed by atoms with Gasteiger partial charge in [-0.1, -0.05) is 26.7 Å². The molecule has 0 bridgehead atoms. The first-order chi connectivity index (χ1) is 8.10. The molecule has 0 aromatic rings. The third-order valence-corrected chi connectivity index (χ3v) is 3.06. The lowest BCUT2D eigenvalue weighted by Crippen LogP contribution is -2.39. The van der Waals surface area contributed by atoms with E-state index in [4.69, 9.17) is 10.5 Å². The summed E-state index contributed by atoms with van der Waals surface area (Å²) in [4.78, 5) is 0. The van der Waals surface area contributed by atoms with Gasteiger partial charge in [-0.05, 0) is 38.6 Å². The second-order valence-corrected chi connectivity index (χ2v) is 5.48. The zero-order valence-electron chi connectivity index (χ0n) is 12.2. The van der Waals surface area contributed by atoms with Gasteiger partial charge < -0.3 is 15.8 Å². The Kier molecular flexibility index (Phi) is 10.9. The lowest BCUT2D eigenvalue weighted by atomic mass is 10.0. The van der Waals surface area contributed by atoms with E-state index in [1.54, 1.807) is 7.11 Å². The fourth-order valence-corrected chi connectivity index (χ4v) is 2.10. The summed E-state index contributed by atoms with van der Waals surface area (Å²) in [6.07, 6.45) is 6.06. The van der Waals surface area contributed by atoms with Crippen LogP contribution in [0.25, 0.3) is 0 Å². The predicted octanol–water partition coefficient (Wildman–Crippen LogP) is 2.54. The molecule has 3 heteroatoms. The van der Waals surface area contributed by atoms with Gasteiger partial charge in [-0.3, -0.25) is 0 Å². The van der Waals surface area contributed by atoms with Crippen molar-refractivity contribution in [1.29, 1.82) is 0 Å². The number of hydrogen-bond acceptors (Lipinski definition) is 3. The van der Waals surface area contributed by atoms with Crippen molar-refractivity contribution in [2.75, 3.05) is 20.3 Å². The summed E-state index contributed by atoms with van der Waals surface area (Å²) >= 11 is 0. The van der Waals surface area contributed by atoms with Crippen LogP contribution in [0.15, 0.2) is 0 Å². The van der Waals surface area contributed by atoms with E-state index in [0.29, 0.717) is 12.1 Å². The Morgan fingerprint density at radius 1 is 1.06 bits per heavy atom. The summed E-state index contributed by atoms with van der Waals surface area (Å²) in [7, 11) is 1.76. The third-order valence-electron chi connectivity index (χ3n) is 3.06. The molecule has 0 amide bonds. The van der Waals surface area contributed by atoms with E-state index in [-0.39, 0.29) is 0 Å². The molecule has 2 unspecified atom stereocenters. The molecule has 2 atom stereocenters. The standard InChI is InChI=1S/C14H32N2O/c1-12(2)7-5-8-13(3)16-14(11-17-4)9-6-10-15/h12-14,16H,5-11,15H2,1-4H3. The van der Waals surface area contributed by atoms with Crippen molar-refractivity contribution in [3.63, 3.8) is 0 Å². The van der Waals surface area contributed by atoms with Crippen LogP contribution < -0.4 is 11.1 Å². The highest BCUT2D eigenvalue weighted by atomic mass is 16.5. The van der Waals surface area contributed by atoms with Crippen LogP contribution in [-0.4, -0.2) is 32.3 Å². The van der Waals surface area contributed by atoms with Gasteiger partial charge in [0.25, 0.3) is 0 Å². The number of nitrogens with two attached hydrogens (primary N) is 1. The summed E-state index contributed by atoms with van der Waals surface area (Å²) in [6, 6.07) is 1.03. The van der Waals surface area contributed by atoms with Gasteiger partial charge in [0, 0.05) is 19.2 Å². The van der Waals surface area contributed by atoms with Crippen LogP contribution in [0.3, 0.4) is 0 Å². The van der Waals surface area contributed by atoms with Gasteiger partial charge in [-0.25, -0.2) is 0 Å². The van der Waals surface area contributed by atoms with Crippen molar-refractivity contribution < 1.29 is 4.74 Å². The van der Waals surface area contributed by atoms with Crippen molar-refractivity contribution in [2.45, 2.75) is 65.0 Å². The quantitative estimate of drug-likeness (QED) is 0.587. The zero-order valence-corrected chi connectivity index (χ0v) is 12.2. The van der Waals surface area contributed by atoms with Gasteiger partial charge >= 0.3 is 0 Å². The van der Waals surface area contributed by atoms with Crippen LogP contribution in [0.1, 0.15) is 52.9 Å². The van der Waals surface area contributed by atoms with Crippen LogP contribution in [0.4, 0.5) is 0 Å². The predicted molar refractivity (Wildman–Crippen MR) is 75.2 cm³/mol. The van der Waals surface area contributed by atoms with E-state index in [9.17, 15) is 0 Å². The molecule has 0 aliphatic carbocycles. The fourth-order valence-electron chi connectivity index (χ4n) is 2.10. The van der Waals surface area contributed by atoms with Crippen molar-refractivity contribution in [3.8, 4) is 0 Å². The molecule has 0 saturated carbocycles. The summed E-state index contributed by atoms with van der Waals surface area (Å²) in [5.74, 6) is 0.814. The molecule has 0 spiro atoms. The number of nitrogens with one attached hydrogen (secondary N) is 1. The van der Waals surface area contributed by atoms with Crippen molar-refractivity contribution in [1.82, 2.24) is 5.32 Å². The number of rotatable bonds is 11.